The molecule has 1 unspecified atom stereocenters. The molecule has 6 heteroatoms. The van der Waals surface area contributed by atoms with Crippen molar-refractivity contribution < 1.29 is 13.6 Å². The maximum absolute atomic E-state index is 15.4. The molecule has 136 valence electrons. The lowest BCUT2D eigenvalue weighted by Crippen LogP contribution is -2.58. The highest BCUT2D eigenvalue weighted by molar-refractivity contribution is 5.95. The van der Waals surface area contributed by atoms with Gasteiger partial charge in [0.05, 0.1) is 11.1 Å². The van der Waals surface area contributed by atoms with E-state index in [2.05, 4.69) is 9.88 Å². The molecule has 1 amide bonds. The molecule has 3 aliphatic heterocycles. The predicted octanol–water partition coefficient (Wildman–Crippen LogP) is 2.78. The van der Waals surface area contributed by atoms with Gasteiger partial charge in [-0.05, 0) is 57.0 Å². The van der Waals surface area contributed by atoms with Crippen LogP contribution in [0.2, 0.25) is 0 Å². The van der Waals surface area contributed by atoms with E-state index in [0.29, 0.717) is 12.2 Å². The first-order chi connectivity index (χ1) is 12.4. The van der Waals surface area contributed by atoms with Crippen molar-refractivity contribution in [1.82, 2.24) is 9.88 Å². The van der Waals surface area contributed by atoms with E-state index in [4.69, 9.17) is 5.73 Å². The third-order valence-electron chi connectivity index (χ3n) is 6.04. The van der Waals surface area contributed by atoms with Gasteiger partial charge in [-0.2, -0.15) is 0 Å². The smallest absolute Gasteiger partial charge is 0.249 e. The number of piperidine rings is 3. The fourth-order valence-electron chi connectivity index (χ4n) is 4.74. The van der Waals surface area contributed by atoms with Crippen LogP contribution < -0.4 is 5.73 Å². The Morgan fingerprint density at radius 2 is 2.04 bits per heavy atom. The number of aromatic nitrogens is 1. The van der Waals surface area contributed by atoms with Gasteiger partial charge in [0.25, 0.3) is 0 Å². The van der Waals surface area contributed by atoms with Gasteiger partial charge in [0.15, 0.2) is 0 Å². The number of halogens is 2. The van der Waals surface area contributed by atoms with Crippen LogP contribution in [0.4, 0.5) is 8.78 Å². The number of rotatable bonds is 3. The van der Waals surface area contributed by atoms with Crippen LogP contribution in [0.3, 0.4) is 0 Å². The van der Waals surface area contributed by atoms with Gasteiger partial charge in [0.1, 0.15) is 11.6 Å². The van der Waals surface area contributed by atoms with E-state index < -0.39 is 23.0 Å². The molecular formula is C20H21F2N3O. The first-order valence-corrected chi connectivity index (χ1v) is 8.88. The Labute approximate surface area is 151 Å². The highest BCUT2D eigenvalue weighted by Crippen LogP contribution is 2.50. The van der Waals surface area contributed by atoms with Crippen LogP contribution in [-0.2, 0) is 5.41 Å². The van der Waals surface area contributed by atoms with Crippen LogP contribution in [0.5, 0.6) is 0 Å². The Balaban J connectivity index is 2.06. The lowest BCUT2D eigenvalue weighted by molar-refractivity contribution is 0.0405. The van der Waals surface area contributed by atoms with Gasteiger partial charge in [-0.1, -0.05) is 6.07 Å². The normalized spacial score (nSPS) is 27.5. The summed E-state index contributed by atoms with van der Waals surface area (Å²) in [5.74, 6) is -2.12. The Kier molecular flexibility index (Phi) is 4.03. The maximum Gasteiger partial charge on any atom is 0.249 e. The number of benzene rings is 1. The summed E-state index contributed by atoms with van der Waals surface area (Å²) >= 11 is 0. The number of hydrogen-bond acceptors (Lipinski definition) is 3. The Morgan fingerprint density at radius 3 is 2.58 bits per heavy atom. The molecule has 1 aromatic heterocycles. The highest BCUT2D eigenvalue weighted by atomic mass is 19.1. The number of amides is 1. The van der Waals surface area contributed by atoms with Gasteiger partial charge in [-0.25, -0.2) is 8.78 Å². The maximum atomic E-state index is 15.4. The molecule has 0 spiro atoms. The number of nitrogens with zero attached hydrogens (tertiary/aromatic N) is 2. The number of pyridine rings is 1. The summed E-state index contributed by atoms with van der Waals surface area (Å²) in [7, 11) is 0. The Hall–Kier alpha value is -2.34. The molecule has 0 saturated carbocycles. The van der Waals surface area contributed by atoms with Gasteiger partial charge in [-0.3, -0.25) is 9.78 Å². The zero-order valence-electron chi connectivity index (χ0n) is 14.6. The quantitative estimate of drug-likeness (QED) is 0.919. The molecule has 3 saturated heterocycles. The second-order valence-electron chi connectivity index (χ2n) is 7.32. The number of carbonyl (C=O) groups excluding carboxylic acids is 1. The monoisotopic (exact) mass is 357 g/mol. The van der Waals surface area contributed by atoms with E-state index in [1.807, 2.05) is 12.1 Å². The molecule has 2 N–H and O–H groups in total. The zero-order chi connectivity index (χ0) is 18.5. The third-order valence-corrected chi connectivity index (χ3v) is 6.04. The summed E-state index contributed by atoms with van der Waals surface area (Å²) in [4.78, 5) is 18.9. The SMILES string of the molecule is Cc1c(F)cc(C(N)=O)c(C2(c3ccccn3)CN3CCC2CC3)c1F. The fourth-order valence-corrected chi connectivity index (χ4v) is 4.74. The van der Waals surface area contributed by atoms with Gasteiger partial charge in [0.2, 0.25) is 5.91 Å². The van der Waals surface area contributed by atoms with Crippen LogP contribution >= 0.6 is 0 Å². The summed E-state index contributed by atoms with van der Waals surface area (Å²) in [6, 6.07) is 6.61. The van der Waals surface area contributed by atoms with Crippen molar-refractivity contribution in [2.45, 2.75) is 25.2 Å². The Morgan fingerprint density at radius 1 is 1.31 bits per heavy atom. The van der Waals surface area contributed by atoms with Crippen molar-refractivity contribution in [3.63, 3.8) is 0 Å². The minimum atomic E-state index is -0.815. The lowest BCUT2D eigenvalue weighted by atomic mass is 9.59. The molecule has 0 aliphatic carbocycles. The highest BCUT2D eigenvalue weighted by Gasteiger charge is 2.52. The van der Waals surface area contributed by atoms with Crippen molar-refractivity contribution in [2.24, 2.45) is 11.7 Å². The van der Waals surface area contributed by atoms with Crippen LogP contribution in [0.15, 0.2) is 30.5 Å². The molecule has 1 aromatic carbocycles. The number of primary amides is 1. The van der Waals surface area contributed by atoms with Crippen LogP contribution in [-0.4, -0.2) is 35.4 Å². The summed E-state index contributed by atoms with van der Waals surface area (Å²) in [6.45, 7) is 3.82. The molecule has 0 radical (unpaired) electrons. The van der Waals surface area contributed by atoms with Crippen LogP contribution in [0.25, 0.3) is 0 Å². The molecule has 26 heavy (non-hydrogen) atoms. The largest absolute Gasteiger partial charge is 0.366 e. The second-order valence-corrected chi connectivity index (χ2v) is 7.32. The van der Waals surface area contributed by atoms with E-state index in [9.17, 15) is 9.18 Å². The summed E-state index contributed by atoms with van der Waals surface area (Å²) in [5, 5.41) is 0. The van der Waals surface area contributed by atoms with Crippen molar-refractivity contribution in [3.8, 4) is 0 Å². The minimum Gasteiger partial charge on any atom is -0.366 e. The minimum absolute atomic E-state index is 0.0787. The van der Waals surface area contributed by atoms with Gasteiger partial charge < -0.3 is 10.6 Å². The van der Waals surface area contributed by atoms with Crippen LogP contribution in [0, 0.1) is 24.5 Å². The molecular weight excluding hydrogens is 336 g/mol. The standard InChI is InChI=1S/C20H21F2N3O/c1-12-15(21)10-14(19(23)26)17(18(12)22)20(16-4-2-3-7-24-16)11-25-8-5-13(20)6-9-25/h2-4,7,10,13H,5-6,8-9,11H2,1H3,(H2,23,26). The number of hydrogen-bond donors (Lipinski definition) is 1. The van der Waals surface area contributed by atoms with Gasteiger partial charge >= 0.3 is 0 Å². The molecule has 1 atom stereocenters. The summed E-state index contributed by atoms with van der Waals surface area (Å²) in [6.07, 6.45) is 3.43. The van der Waals surface area contributed by atoms with Crippen molar-refractivity contribution in [3.05, 3.63) is 64.5 Å². The van der Waals surface area contributed by atoms with Crippen molar-refractivity contribution in [2.75, 3.05) is 19.6 Å². The lowest BCUT2D eigenvalue weighted by Gasteiger charge is -2.53. The average molecular weight is 357 g/mol. The topological polar surface area (TPSA) is 59.2 Å². The molecule has 5 rings (SSSR count). The average Bonchev–Trinajstić information content (AvgIpc) is 2.67. The molecule has 2 bridgehead atoms. The van der Waals surface area contributed by atoms with Crippen molar-refractivity contribution >= 4 is 5.91 Å². The number of fused-ring (bicyclic) bond motifs is 3. The number of nitrogens with two attached hydrogens (primary N) is 1. The second kappa shape index (κ2) is 6.13. The van der Waals surface area contributed by atoms with E-state index in [-0.39, 0.29) is 22.6 Å². The summed E-state index contributed by atoms with van der Waals surface area (Å²) in [5.41, 5.74) is 5.49. The van der Waals surface area contributed by atoms with Crippen LogP contribution in [0.1, 0.15) is 40.0 Å². The Bertz CT molecular complexity index is 863. The first-order valence-electron chi connectivity index (χ1n) is 8.88. The zero-order valence-corrected chi connectivity index (χ0v) is 14.6. The van der Waals surface area contributed by atoms with Crippen molar-refractivity contribution in [1.29, 1.82) is 0 Å². The molecule has 4 heterocycles. The fraction of sp³-hybridized carbons (Fsp3) is 0.400. The molecule has 3 fully saturated rings. The molecule has 2 aromatic rings. The van der Waals surface area contributed by atoms with E-state index in [1.165, 1.54) is 6.92 Å². The van der Waals surface area contributed by atoms with Gasteiger partial charge in [0, 0.05) is 29.4 Å². The van der Waals surface area contributed by atoms with E-state index in [0.717, 1.165) is 32.0 Å². The molecule has 3 aliphatic rings. The van der Waals surface area contributed by atoms with E-state index in [1.54, 1.807) is 12.3 Å². The number of carbonyl (C=O) groups is 1. The van der Waals surface area contributed by atoms with E-state index >= 15 is 4.39 Å². The third kappa shape index (κ3) is 2.35. The van der Waals surface area contributed by atoms with Gasteiger partial charge in [-0.15, -0.1) is 0 Å². The predicted molar refractivity (Wildman–Crippen MR) is 93.8 cm³/mol. The summed E-state index contributed by atoms with van der Waals surface area (Å²) < 4.78 is 29.6. The molecule has 4 nitrogen and oxygen atoms in total. The first kappa shape index (κ1) is 17.1.